The summed E-state index contributed by atoms with van der Waals surface area (Å²) >= 11 is 18.4. The maximum Gasteiger partial charge on any atom is 0.170 e. The van der Waals surface area contributed by atoms with Crippen molar-refractivity contribution in [1.82, 2.24) is 0 Å². The van der Waals surface area contributed by atoms with Crippen molar-refractivity contribution in [3.63, 3.8) is 0 Å². The van der Waals surface area contributed by atoms with E-state index in [0.29, 0.717) is 58.7 Å². The summed E-state index contributed by atoms with van der Waals surface area (Å²) in [4.78, 5) is 31.7. The van der Waals surface area contributed by atoms with E-state index in [1.54, 1.807) is 36.4 Å². The molecule has 4 aromatic carbocycles. The second-order valence-electron chi connectivity index (χ2n) is 10.4. The molecule has 4 nitrogen and oxygen atoms in total. The van der Waals surface area contributed by atoms with Gasteiger partial charge in [0, 0.05) is 52.2 Å². The fourth-order valence-corrected chi connectivity index (χ4v) is 6.56. The predicted molar refractivity (Wildman–Crippen MR) is 163 cm³/mol. The molecule has 7 heteroatoms. The zero-order valence-corrected chi connectivity index (χ0v) is 24.0. The molecule has 2 aliphatic rings. The van der Waals surface area contributed by atoms with Gasteiger partial charge in [-0.2, -0.15) is 0 Å². The summed E-state index contributed by atoms with van der Waals surface area (Å²) < 4.78 is 0. The maximum absolute atomic E-state index is 14.0. The highest BCUT2D eigenvalue weighted by Crippen LogP contribution is 2.55. The number of hydrogen-bond acceptors (Lipinski definition) is 4. The molecule has 2 aliphatic heterocycles. The highest BCUT2D eigenvalue weighted by Gasteiger charge is 2.59. The van der Waals surface area contributed by atoms with Crippen LogP contribution in [0.1, 0.15) is 39.1 Å². The van der Waals surface area contributed by atoms with E-state index in [1.807, 2.05) is 48.5 Å². The highest BCUT2D eigenvalue weighted by atomic mass is 35.5. The van der Waals surface area contributed by atoms with Crippen molar-refractivity contribution in [2.45, 2.75) is 18.4 Å². The van der Waals surface area contributed by atoms with E-state index in [0.717, 1.165) is 16.9 Å². The van der Waals surface area contributed by atoms with Gasteiger partial charge in [-0.1, -0.05) is 59.1 Å². The lowest BCUT2D eigenvalue weighted by Gasteiger charge is -2.59. The Balaban J connectivity index is 1.35. The van der Waals surface area contributed by atoms with E-state index < -0.39 is 5.54 Å². The number of halogens is 3. The fraction of sp³-hybridized carbons (Fsp3) is 0.212. The Kier molecular flexibility index (Phi) is 7.35. The van der Waals surface area contributed by atoms with Crippen molar-refractivity contribution in [2.24, 2.45) is 5.92 Å². The topological polar surface area (TPSA) is 40.6 Å². The first-order chi connectivity index (χ1) is 19.4. The lowest BCUT2D eigenvalue weighted by Crippen LogP contribution is -2.67. The fourth-order valence-electron chi connectivity index (χ4n) is 6.18. The average Bonchev–Trinajstić information content (AvgIpc) is 3.05. The molecule has 2 heterocycles. The molecule has 0 aromatic heterocycles. The third-order valence-corrected chi connectivity index (χ3v) is 9.02. The lowest BCUT2D eigenvalue weighted by atomic mass is 9.64. The molecule has 0 bridgehead atoms. The van der Waals surface area contributed by atoms with E-state index >= 15 is 0 Å². The van der Waals surface area contributed by atoms with Crippen molar-refractivity contribution < 1.29 is 9.59 Å². The van der Waals surface area contributed by atoms with Gasteiger partial charge < -0.3 is 9.80 Å². The molecular weight excluding hydrogens is 563 g/mol. The standard InChI is InChI=1S/C33H27Cl3N2O2/c34-25-11-5-22(6-12-25)31(39)17-19-37-20-18-33(24-9-15-27(36)16-10-24)28(32(40)23-7-13-26(35)14-8-23)21-38(33)30-4-2-1-3-29(30)37/h1-16,28H,17-21H2/t28-,33-/m0/s1. The van der Waals surface area contributed by atoms with Gasteiger partial charge in [-0.05, 0) is 84.8 Å². The summed E-state index contributed by atoms with van der Waals surface area (Å²) in [6.45, 7) is 1.85. The minimum absolute atomic E-state index is 0.0740. The number of para-hydroxylation sites is 2. The molecule has 202 valence electrons. The Hall–Kier alpha value is -3.31. The Bertz CT molecular complexity index is 1550. The summed E-state index contributed by atoms with van der Waals surface area (Å²) in [5.74, 6) is -0.0739. The molecule has 0 saturated carbocycles. The molecule has 6 rings (SSSR count). The van der Waals surface area contributed by atoms with Crippen LogP contribution in [0.4, 0.5) is 11.4 Å². The van der Waals surface area contributed by atoms with Gasteiger partial charge >= 0.3 is 0 Å². The largest absolute Gasteiger partial charge is 0.369 e. The molecule has 0 unspecified atom stereocenters. The van der Waals surface area contributed by atoms with E-state index in [9.17, 15) is 9.59 Å². The smallest absolute Gasteiger partial charge is 0.170 e. The van der Waals surface area contributed by atoms with Crippen LogP contribution in [0, 0.1) is 5.92 Å². The highest BCUT2D eigenvalue weighted by molar-refractivity contribution is 6.31. The number of nitrogens with zero attached hydrogens (tertiary/aromatic N) is 2. The van der Waals surface area contributed by atoms with Crippen LogP contribution in [0.2, 0.25) is 15.1 Å². The van der Waals surface area contributed by atoms with Crippen LogP contribution in [0.15, 0.2) is 97.1 Å². The Morgan fingerprint density at radius 1 is 0.725 bits per heavy atom. The number of rotatable bonds is 7. The van der Waals surface area contributed by atoms with E-state index in [2.05, 4.69) is 21.9 Å². The SMILES string of the molecule is O=C(CCN1CC[C@]2(c3ccc(Cl)cc3)[C@H](C(=O)c3ccc(Cl)cc3)CN2c2ccccc21)c1ccc(Cl)cc1. The summed E-state index contributed by atoms with van der Waals surface area (Å²) in [7, 11) is 0. The molecule has 0 N–H and O–H groups in total. The van der Waals surface area contributed by atoms with Gasteiger partial charge in [0.15, 0.2) is 11.6 Å². The van der Waals surface area contributed by atoms with E-state index in [-0.39, 0.29) is 17.5 Å². The molecule has 1 fully saturated rings. The molecular formula is C33H27Cl3N2O2. The van der Waals surface area contributed by atoms with E-state index in [4.69, 9.17) is 34.8 Å². The first kappa shape index (κ1) is 26.9. The molecule has 1 saturated heterocycles. The molecule has 0 spiro atoms. The third kappa shape index (κ3) is 4.79. The number of carbonyl (C=O) groups excluding carboxylic acids is 2. The summed E-state index contributed by atoms with van der Waals surface area (Å²) in [5, 5.41) is 1.87. The number of Topliss-reactive ketones (excluding diaryl/α,β-unsaturated/α-hetero) is 2. The van der Waals surface area contributed by atoms with Gasteiger partial charge in [-0.15, -0.1) is 0 Å². The maximum atomic E-state index is 14.0. The molecule has 40 heavy (non-hydrogen) atoms. The number of hydrogen-bond donors (Lipinski definition) is 0. The Labute approximate surface area is 249 Å². The van der Waals surface area contributed by atoms with Crippen LogP contribution in [-0.2, 0) is 5.54 Å². The predicted octanol–water partition coefficient (Wildman–Crippen LogP) is 8.34. The normalized spacial score (nSPS) is 19.7. The quantitative estimate of drug-likeness (QED) is 0.203. The zero-order valence-electron chi connectivity index (χ0n) is 21.7. The van der Waals surface area contributed by atoms with Gasteiger partial charge in [0.1, 0.15) is 0 Å². The van der Waals surface area contributed by atoms with Crippen LogP contribution < -0.4 is 9.80 Å². The van der Waals surface area contributed by atoms with Gasteiger partial charge in [-0.25, -0.2) is 0 Å². The number of anilines is 2. The number of benzene rings is 4. The van der Waals surface area contributed by atoms with Gasteiger partial charge in [0.25, 0.3) is 0 Å². The zero-order chi connectivity index (χ0) is 27.9. The molecule has 0 amide bonds. The van der Waals surface area contributed by atoms with Crippen molar-refractivity contribution in [2.75, 3.05) is 29.4 Å². The van der Waals surface area contributed by atoms with Crippen LogP contribution in [-0.4, -0.2) is 31.2 Å². The second kappa shape index (κ2) is 10.9. The number of ketones is 2. The minimum atomic E-state index is -0.549. The third-order valence-electron chi connectivity index (χ3n) is 8.26. The van der Waals surface area contributed by atoms with Crippen molar-refractivity contribution >= 4 is 57.7 Å². The van der Waals surface area contributed by atoms with Crippen LogP contribution in [0.3, 0.4) is 0 Å². The Morgan fingerprint density at radius 2 is 1.27 bits per heavy atom. The van der Waals surface area contributed by atoms with Gasteiger partial charge in [0.05, 0.1) is 22.8 Å². The van der Waals surface area contributed by atoms with Gasteiger partial charge in [-0.3, -0.25) is 9.59 Å². The summed E-state index contributed by atoms with van der Waals surface area (Å²) in [6.07, 6.45) is 1.08. The lowest BCUT2D eigenvalue weighted by molar-refractivity contribution is 0.0706. The molecule has 2 atom stereocenters. The van der Waals surface area contributed by atoms with Crippen LogP contribution >= 0.6 is 34.8 Å². The van der Waals surface area contributed by atoms with Crippen LogP contribution in [0.5, 0.6) is 0 Å². The molecule has 0 aliphatic carbocycles. The Morgan fingerprint density at radius 3 is 1.90 bits per heavy atom. The number of fused-ring (bicyclic) bond motifs is 3. The minimum Gasteiger partial charge on any atom is -0.369 e. The summed E-state index contributed by atoms with van der Waals surface area (Å²) in [6, 6.07) is 30.3. The van der Waals surface area contributed by atoms with Crippen LogP contribution in [0.25, 0.3) is 0 Å². The van der Waals surface area contributed by atoms with Crippen molar-refractivity contribution in [1.29, 1.82) is 0 Å². The van der Waals surface area contributed by atoms with Crippen molar-refractivity contribution in [3.05, 3.63) is 129 Å². The second-order valence-corrected chi connectivity index (χ2v) is 11.7. The molecule has 0 radical (unpaired) electrons. The van der Waals surface area contributed by atoms with Crippen molar-refractivity contribution in [3.8, 4) is 0 Å². The molecule has 4 aromatic rings. The monoisotopic (exact) mass is 588 g/mol. The van der Waals surface area contributed by atoms with E-state index in [1.165, 1.54) is 0 Å². The van der Waals surface area contributed by atoms with Gasteiger partial charge in [0.2, 0.25) is 0 Å². The summed E-state index contributed by atoms with van der Waals surface area (Å²) in [5.41, 5.74) is 3.96. The average molecular weight is 590 g/mol. The number of carbonyl (C=O) groups is 2. The first-order valence-corrected chi connectivity index (χ1v) is 14.5. The first-order valence-electron chi connectivity index (χ1n) is 13.3.